The van der Waals surface area contributed by atoms with Crippen LogP contribution in [0.5, 0.6) is 5.75 Å². The van der Waals surface area contributed by atoms with Crippen molar-refractivity contribution in [3.8, 4) is 5.75 Å². The van der Waals surface area contributed by atoms with E-state index in [1.165, 1.54) is 24.3 Å². The number of sulfonamides is 1. The first-order chi connectivity index (χ1) is 10.8. The monoisotopic (exact) mass is 334 g/mol. The summed E-state index contributed by atoms with van der Waals surface area (Å²) in [4.78, 5) is 10.8. The zero-order valence-corrected chi connectivity index (χ0v) is 13.7. The van der Waals surface area contributed by atoms with E-state index in [9.17, 15) is 13.2 Å². The molecule has 0 heterocycles. The highest BCUT2D eigenvalue weighted by Crippen LogP contribution is 2.24. The molecule has 0 saturated heterocycles. The Morgan fingerprint density at radius 1 is 1.09 bits per heavy atom. The minimum Gasteiger partial charge on any atom is -0.484 e. The highest BCUT2D eigenvalue weighted by molar-refractivity contribution is 7.92. The third-order valence-electron chi connectivity index (χ3n) is 3.23. The van der Waals surface area contributed by atoms with Gasteiger partial charge in [0, 0.05) is 0 Å². The average Bonchev–Trinajstić information content (AvgIpc) is 2.49. The Hall–Kier alpha value is -2.54. The number of anilines is 1. The number of carbonyl (C=O) groups excluding carboxylic acids is 1. The van der Waals surface area contributed by atoms with Crippen molar-refractivity contribution in [3.05, 3.63) is 53.6 Å². The van der Waals surface area contributed by atoms with Crippen LogP contribution in [0.2, 0.25) is 0 Å². The van der Waals surface area contributed by atoms with Gasteiger partial charge in [-0.05, 0) is 49.2 Å². The van der Waals surface area contributed by atoms with E-state index >= 15 is 0 Å². The number of primary amides is 1. The molecule has 3 N–H and O–H groups in total. The molecule has 1 amide bonds. The van der Waals surface area contributed by atoms with Crippen LogP contribution in [0.15, 0.2) is 47.4 Å². The molecule has 0 atom stereocenters. The summed E-state index contributed by atoms with van der Waals surface area (Å²) >= 11 is 0. The van der Waals surface area contributed by atoms with Gasteiger partial charge >= 0.3 is 0 Å². The van der Waals surface area contributed by atoms with Gasteiger partial charge in [-0.25, -0.2) is 8.42 Å². The molecule has 0 aliphatic heterocycles. The number of nitrogens with one attached hydrogen (secondary N) is 1. The normalized spacial score (nSPS) is 11.0. The van der Waals surface area contributed by atoms with Crippen molar-refractivity contribution in [3.63, 3.8) is 0 Å². The average molecular weight is 334 g/mol. The predicted molar refractivity (Wildman–Crippen MR) is 87.9 cm³/mol. The van der Waals surface area contributed by atoms with Crippen LogP contribution in [-0.2, 0) is 14.8 Å². The summed E-state index contributed by atoms with van der Waals surface area (Å²) in [7, 11) is -3.70. The summed E-state index contributed by atoms with van der Waals surface area (Å²) in [6, 6.07) is 11.3. The summed E-state index contributed by atoms with van der Waals surface area (Å²) in [5.41, 5.74) is 7.24. The molecule has 0 aliphatic carbocycles. The molecule has 2 rings (SSSR count). The molecule has 2 aromatic carbocycles. The Morgan fingerprint density at radius 2 is 1.65 bits per heavy atom. The smallest absolute Gasteiger partial charge is 0.261 e. The molecule has 0 aromatic heterocycles. The first-order valence-corrected chi connectivity index (χ1v) is 8.38. The van der Waals surface area contributed by atoms with Gasteiger partial charge in [-0.2, -0.15) is 0 Å². The van der Waals surface area contributed by atoms with E-state index in [4.69, 9.17) is 10.5 Å². The standard InChI is InChI=1S/C16H18N2O4S/c1-11-4-3-5-12(2)16(11)18-23(20,21)14-8-6-13(7-9-14)22-10-15(17)19/h3-9,18H,10H2,1-2H3,(H2,17,19). The minimum atomic E-state index is -3.70. The zero-order chi connectivity index (χ0) is 17.0. The van der Waals surface area contributed by atoms with Gasteiger partial charge < -0.3 is 10.5 Å². The second-order valence-electron chi connectivity index (χ2n) is 5.10. The lowest BCUT2D eigenvalue weighted by molar-refractivity contribution is -0.119. The summed E-state index contributed by atoms with van der Waals surface area (Å²) < 4.78 is 32.6. The van der Waals surface area contributed by atoms with E-state index in [-0.39, 0.29) is 11.5 Å². The molecular formula is C16H18N2O4S. The number of ether oxygens (including phenoxy) is 1. The molecule has 7 heteroatoms. The maximum Gasteiger partial charge on any atom is 0.261 e. The van der Waals surface area contributed by atoms with Crippen LogP contribution in [0, 0.1) is 13.8 Å². The summed E-state index contributed by atoms with van der Waals surface area (Å²) in [6.45, 7) is 3.42. The number of benzene rings is 2. The van der Waals surface area contributed by atoms with Crippen molar-refractivity contribution in [2.24, 2.45) is 5.73 Å². The van der Waals surface area contributed by atoms with E-state index in [1.54, 1.807) is 0 Å². The number of rotatable bonds is 6. The number of para-hydroxylation sites is 1. The van der Waals surface area contributed by atoms with Crippen LogP contribution in [0.25, 0.3) is 0 Å². The van der Waals surface area contributed by atoms with Gasteiger partial charge in [0.05, 0.1) is 10.6 Å². The highest BCUT2D eigenvalue weighted by Gasteiger charge is 2.16. The molecule has 0 bridgehead atoms. The van der Waals surface area contributed by atoms with E-state index in [2.05, 4.69) is 4.72 Å². The Bertz CT molecular complexity index is 794. The topological polar surface area (TPSA) is 98.5 Å². The van der Waals surface area contributed by atoms with Gasteiger partial charge in [-0.15, -0.1) is 0 Å². The third kappa shape index (κ3) is 4.23. The lowest BCUT2D eigenvalue weighted by Crippen LogP contribution is -2.20. The van der Waals surface area contributed by atoms with Crippen molar-refractivity contribution in [2.75, 3.05) is 11.3 Å². The lowest BCUT2D eigenvalue weighted by atomic mass is 10.1. The van der Waals surface area contributed by atoms with E-state index < -0.39 is 15.9 Å². The second-order valence-corrected chi connectivity index (χ2v) is 6.78. The summed E-state index contributed by atoms with van der Waals surface area (Å²) in [5.74, 6) is -0.229. The first kappa shape index (κ1) is 16.8. The Morgan fingerprint density at radius 3 is 2.17 bits per heavy atom. The van der Waals surface area contributed by atoms with Gasteiger partial charge in [-0.1, -0.05) is 18.2 Å². The largest absolute Gasteiger partial charge is 0.484 e. The number of hydrogen-bond acceptors (Lipinski definition) is 4. The zero-order valence-electron chi connectivity index (χ0n) is 12.9. The SMILES string of the molecule is Cc1cccc(C)c1NS(=O)(=O)c1ccc(OCC(N)=O)cc1. The quantitative estimate of drug-likeness (QED) is 0.843. The molecule has 0 spiro atoms. The van der Waals surface area contributed by atoms with Crippen LogP contribution < -0.4 is 15.2 Å². The first-order valence-electron chi connectivity index (χ1n) is 6.90. The van der Waals surface area contributed by atoms with Gasteiger partial charge in [0.2, 0.25) is 0 Å². The number of amides is 1. The maximum atomic E-state index is 12.5. The van der Waals surface area contributed by atoms with Crippen molar-refractivity contribution in [1.29, 1.82) is 0 Å². The summed E-state index contributed by atoms with van der Waals surface area (Å²) in [5, 5.41) is 0. The van der Waals surface area contributed by atoms with Crippen LogP contribution in [-0.4, -0.2) is 20.9 Å². The van der Waals surface area contributed by atoms with Gasteiger partial charge in [0.15, 0.2) is 6.61 Å². The number of carbonyl (C=O) groups is 1. The molecule has 2 aromatic rings. The van der Waals surface area contributed by atoms with Crippen LogP contribution in [0.1, 0.15) is 11.1 Å². The van der Waals surface area contributed by atoms with Crippen molar-refractivity contribution in [1.82, 2.24) is 0 Å². The van der Waals surface area contributed by atoms with Crippen LogP contribution >= 0.6 is 0 Å². The summed E-state index contributed by atoms with van der Waals surface area (Å²) in [6.07, 6.45) is 0. The molecule has 0 radical (unpaired) electrons. The molecule has 122 valence electrons. The molecule has 23 heavy (non-hydrogen) atoms. The second kappa shape index (κ2) is 6.70. The molecule has 0 unspecified atom stereocenters. The van der Waals surface area contributed by atoms with Crippen molar-refractivity contribution >= 4 is 21.6 Å². The third-order valence-corrected chi connectivity index (χ3v) is 4.60. The van der Waals surface area contributed by atoms with Crippen molar-refractivity contribution in [2.45, 2.75) is 18.7 Å². The van der Waals surface area contributed by atoms with Gasteiger partial charge in [0.1, 0.15) is 5.75 Å². The number of hydrogen-bond donors (Lipinski definition) is 2. The van der Waals surface area contributed by atoms with Gasteiger partial charge in [0.25, 0.3) is 15.9 Å². The van der Waals surface area contributed by atoms with E-state index in [0.29, 0.717) is 11.4 Å². The van der Waals surface area contributed by atoms with E-state index in [0.717, 1.165) is 11.1 Å². The maximum absolute atomic E-state index is 12.5. The highest BCUT2D eigenvalue weighted by atomic mass is 32.2. The lowest BCUT2D eigenvalue weighted by Gasteiger charge is -2.13. The predicted octanol–water partition coefficient (Wildman–Crippen LogP) is 1.97. The molecule has 0 aliphatic rings. The minimum absolute atomic E-state index is 0.103. The fourth-order valence-electron chi connectivity index (χ4n) is 2.04. The van der Waals surface area contributed by atoms with Crippen LogP contribution in [0.3, 0.4) is 0 Å². The molecule has 6 nitrogen and oxygen atoms in total. The Labute approximate surface area is 135 Å². The fourth-order valence-corrected chi connectivity index (χ4v) is 3.24. The molecule has 0 saturated carbocycles. The van der Waals surface area contributed by atoms with Gasteiger partial charge in [-0.3, -0.25) is 9.52 Å². The molecule has 0 fully saturated rings. The fraction of sp³-hybridized carbons (Fsp3) is 0.188. The Balaban J connectivity index is 2.21. The van der Waals surface area contributed by atoms with Crippen molar-refractivity contribution < 1.29 is 17.9 Å². The van der Waals surface area contributed by atoms with Crippen LogP contribution in [0.4, 0.5) is 5.69 Å². The number of nitrogens with two attached hydrogens (primary N) is 1. The molecular weight excluding hydrogens is 316 g/mol. The van der Waals surface area contributed by atoms with E-state index in [1.807, 2.05) is 32.0 Å². The number of aryl methyl sites for hydroxylation is 2. The Kier molecular flexibility index (Phi) is 4.90.